The van der Waals surface area contributed by atoms with Crippen molar-refractivity contribution in [2.45, 2.75) is 5.54 Å². The highest BCUT2D eigenvalue weighted by atomic mass is 32.1. The first kappa shape index (κ1) is 31.0. The van der Waals surface area contributed by atoms with Crippen molar-refractivity contribution in [2.24, 2.45) is 0 Å². The number of hydrogen-bond acceptors (Lipinski definition) is 5. The lowest BCUT2D eigenvalue weighted by Crippen LogP contribution is -2.38. The number of carbonyl (C=O) groups excluding carboxylic acids is 1. The van der Waals surface area contributed by atoms with Gasteiger partial charge >= 0.3 is 0 Å². The zero-order valence-corrected chi connectivity index (χ0v) is 27.2. The second kappa shape index (κ2) is 12.9. The van der Waals surface area contributed by atoms with E-state index in [1.165, 1.54) is 23.7 Å². The third-order valence-corrected chi connectivity index (χ3v) is 9.80. The number of fused-ring (bicyclic) bond motifs is 1. The monoisotopic (exact) mass is 675 g/mol. The number of halogens is 2. The first-order chi connectivity index (χ1) is 24.5. The number of carbonyl (C=O) groups is 1. The van der Waals surface area contributed by atoms with E-state index in [0.717, 1.165) is 55.7 Å². The Kier molecular flexibility index (Phi) is 8.02. The second-order valence-corrected chi connectivity index (χ2v) is 12.8. The van der Waals surface area contributed by atoms with Gasteiger partial charge in [0, 0.05) is 23.2 Å². The minimum Gasteiger partial charge on any atom is -0.319 e. The van der Waals surface area contributed by atoms with Gasteiger partial charge in [0.15, 0.2) is 0 Å². The number of hydrogen-bond donors (Lipinski definition) is 1. The Morgan fingerprint density at radius 2 is 1.36 bits per heavy atom. The normalized spacial score (nSPS) is 11.5. The van der Waals surface area contributed by atoms with Crippen molar-refractivity contribution in [2.75, 3.05) is 5.32 Å². The van der Waals surface area contributed by atoms with E-state index in [0.29, 0.717) is 10.6 Å². The molecule has 0 aliphatic heterocycles. The minimum atomic E-state index is -0.846. The average Bonchev–Trinajstić information content (AvgIpc) is 3.86. The van der Waals surface area contributed by atoms with Crippen LogP contribution in [0.25, 0.3) is 32.6 Å². The fourth-order valence-electron chi connectivity index (χ4n) is 6.38. The molecule has 3 heterocycles. The molecule has 0 bridgehead atoms. The molecule has 50 heavy (non-hydrogen) atoms. The van der Waals surface area contributed by atoms with E-state index in [1.54, 1.807) is 12.1 Å². The quantitative estimate of drug-likeness (QED) is 0.163. The van der Waals surface area contributed by atoms with Crippen molar-refractivity contribution in [3.05, 3.63) is 191 Å². The summed E-state index contributed by atoms with van der Waals surface area (Å²) in [7, 11) is 0. The van der Waals surface area contributed by atoms with Gasteiger partial charge in [0.05, 0.1) is 32.8 Å². The van der Waals surface area contributed by atoms with Gasteiger partial charge in [-0.1, -0.05) is 97.1 Å². The van der Waals surface area contributed by atoms with Gasteiger partial charge in [0.2, 0.25) is 0 Å². The summed E-state index contributed by atoms with van der Waals surface area (Å²) in [5, 5.41) is 8.34. The zero-order valence-electron chi connectivity index (χ0n) is 26.4. The molecule has 1 N–H and O–H groups in total. The second-order valence-electron chi connectivity index (χ2n) is 11.7. The summed E-state index contributed by atoms with van der Waals surface area (Å²) in [5.74, 6) is -2.07. The van der Waals surface area contributed by atoms with Crippen LogP contribution in [0.15, 0.2) is 158 Å². The molecule has 1 amide bonds. The van der Waals surface area contributed by atoms with Crippen LogP contribution in [0, 0.1) is 11.6 Å². The van der Waals surface area contributed by atoms with Crippen molar-refractivity contribution in [3.8, 4) is 21.7 Å². The maximum atomic E-state index is 14.2. The SMILES string of the molecule is O=C(Nc1ccc(F)cc1F)c1ccc(-c2ncnc3ccc(-c4cnn(C(c5ccccc5)(c5ccccc5)c5ccccc5)c4)cc23)s1. The van der Waals surface area contributed by atoms with E-state index in [9.17, 15) is 13.6 Å². The van der Waals surface area contributed by atoms with E-state index in [1.807, 2.05) is 83.7 Å². The number of nitrogens with one attached hydrogen (secondary N) is 1. The highest BCUT2D eigenvalue weighted by Crippen LogP contribution is 2.41. The summed E-state index contributed by atoms with van der Waals surface area (Å²) in [6.07, 6.45) is 5.44. The number of rotatable bonds is 8. The van der Waals surface area contributed by atoms with Crippen LogP contribution in [-0.2, 0) is 5.54 Å². The average molecular weight is 676 g/mol. The van der Waals surface area contributed by atoms with E-state index in [2.05, 4.69) is 57.9 Å². The molecule has 5 aromatic carbocycles. The smallest absolute Gasteiger partial charge is 0.265 e. The summed E-state index contributed by atoms with van der Waals surface area (Å²) >= 11 is 1.22. The maximum Gasteiger partial charge on any atom is 0.265 e. The lowest BCUT2D eigenvalue weighted by atomic mass is 9.77. The molecule has 8 rings (SSSR count). The van der Waals surface area contributed by atoms with Crippen molar-refractivity contribution in [1.82, 2.24) is 19.7 Å². The molecule has 0 atom stereocenters. The number of amides is 1. The third-order valence-electron chi connectivity index (χ3n) is 8.71. The summed E-state index contributed by atoms with van der Waals surface area (Å²) in [6, 6.07) is 43.6. The standard InChI is InChI=1S/C41H27F2N5OS/c42-32-17-19-36(34(43)23-32)47-40(49)38-21-20-37(50-38)39-33-22-27(16-18-35(33)44-26-45-39)28-24-46-48(25-28)41(29-10-4-1-5-11-29,30-12-6-2-7-13-30)31-14-8-3-9-15-31/h1-26H,(H,47,49). The Hall–Kier alpha value is -6.32. The third kappa shape index (κ3) is 5.53. The molecule has 0 saturated carbocycles. The van der Waals surface area contributed by atoms with Crippen LogP contribution in [0.3, 0.4) is 0 Å². The molecule has 242 valence electrons. The minimum absolute atomic E-state index is 0.0974. The van der Waals surface area contributed by atoms with E-state index in [-0.39, 0.29) is 5.69 Å². The van der Waals surface area contributed by atoms with Gasteiger partial charge in [0.1, 0.15) is 23.5 Å². The molecule has 0 saturated heterocycles. The van der Waals surface area contributed by atoms with Gasteiger partial charge in [-0.05, 0) is 58.7 Å². The van der Waals surface area contributed by atoms with Crippen LogP contribution in [0.5, 0.6) is 0 Å². The molecule has 0 aliphatic rings. The number of aromatic nitrogens is 4. The predicted molar refractivity (Wildman–Crippen MR) is 193 cm³/mol. The van der Waals surface area contributed by atoms with Gasteiger partial charge < -0.3 is 5.32 Å². The summed E-state index contributed by atoms with van der Waals surface area (Å²) in [6.45, 7) is 0. The van der Waals surface area contributed by atoms with Crippen LogP contribution in [0.4, 0.5) is 14.5 Å². The van der Waals surface area contributed by atoms with Crippen LogP contribution >= 0.6 is 11.3 Å². The number of benzene rings is 5. The molecule has 0 unspecified atom stereocenters. The Balaban J connectivity index is 1.19. The predicted octanol–water partition coefficient (Wildman–Crippen LogP) is 9.59. The lowest BCUT2D eigenvalue weighted by molar-refractivity contribution is 0.103. The fraction of sp³-hybridized carbons (Fsp3) is 0.0244. The number of anilines is 1. The Morgan fingerprint density at radius 3 is 2.00 bits per heavy atom. The van der Waals surface area contributed by atoms with Crippen molar-refractivity contribution in [3.63, 3.8) is 0 Å². The first-order valence-electron chi connectivity index (χ1n) is 15.8. The summed E-state index contributed by atoms with van der Waals surface area (Å²) in [4.78, 5) is 23.2. The summed E-state index contributed by atoms with van der Waals surface area (Å²) in [5.41, 5.74) is 5.59. The number of thiophene rings is 1. The molecule has 0 spiro atoms. The zero-order chi connectivity index (χ0) is 34.1. The van der Waals surface area contributed by atoms with Crippen LogP contribution < -0.4 is 5.32 Å². The molecule has 6 nitrogen and oxygen atoms in total. The highest BCUT2D eigenvalue weighted by Gasteiger charge is 2.39. The molecular weight excluding hydrogens is 649 g/mol. The van der Waals surface area contributed by atoms with Crippen LogP contribution in [0.2, 0.25) is 0 Å². The Bertz CT molecular complexity index is 2370. The largest absolute Gasteiger partial charge is 0.319 e. The van der Waals surface area contributed by atoms with Crippen molar-refractivity contribution in [1.29, 1.82) is 0 Å². The number of nitrogens with zero attached hydrogens (tertiary/aromatic N) is 4. The van der Waals surface area contributed by atoms with Gasteiger partial charge in [-0.15, -0.1) is 11.3 Å². The van der Waals surface area contributed by atoms with Crippen LogP contribution in [0.1, 0.15) is 26.4 Å². The highest BCUT2D eigenvalue weighted by molar-refractivity contribution is 7.17. The fourth-order valence-corrected chi connectivity index (χ4v) is 7.30. The van der Waals surface area contributed by atoms with Crippen molar-refractivity contribution >= 4 is 33.8 Å². The van der Waals surface area contributed by atoms with Gasteiger partial charge in [0.25, 0.3) is 5.91 Å². The Morgan fingerprint density at radius 1 is 0.700 bits per heavy atom. The molecule has 8 aromatic rings. The van der Waals surface area contributed by atoms with E-state index >= 15 is 0 Å². The molecule has 0 fully saturated rings. The first-order valence-corrected chi connectivity index (χ1v) is 16.7. The Labute approximate surface area is 290 Å². The molecule has 3 aromatic heterocycles. The van der Waals surface area contributed by atoms with Gasteiger partial charge in [-0.25, -0.2) is 18.7 Å². The van der Waals surface area contributed by atoms with E-state index < -0.39 is 23.1 Å². The van der Waals surface area contributed by atoms with Crippen molar-refractivity contribution < 1.29 is 13.6 Å². The van der Waals surface area contributed by atoms with Gasteiger partial charge in [-0.3, -0.25) is 9.48 Å². The lowest BCUT2D eigenvalue weighted by Gasteiger charge is -2.36. The topological polar surface area (TPSA) is 72.7 Å². The molecule has 0 radical (unpaired) electrons. The van der Waals surface area contributed by atoms with Gasteiger partial charge in [-0.2, -0.15) is 5.10 Å². The van der Waals surface area contributed by atoms with Crippen LogP contribution in [-0.4, -0.2) is 25.7 Å². The maximum absolute atomic E-state index is 14.2. The molecular formula is C41H27F2N5OS. The summed E-state index contributed by atoms with van der Waals surface area (Å²) < 4.78 is 29.6. The molecule has 0 aliphatic carbocycles. The molecule has 9 heteroatoms. The van der Waals surface area contributed by atoms with E-state index in [4.69, 9.17) is 5.10 Å².